The van der Waals surface area contributed by atoms with Crippen molar-refractivity contribution in [3.05, 3.63) is 52.4 Å². The summed E-state index contributed by atoms with van der Waals surface area (Å²) < 4.78 is 0.117. The number of amides is 1. The Hall–Kier alpha value is -2.45. The molecule has 0 bridgehead atoms. The molecule has 0 aliphatic carbocycles. The van der Waals surface area contributed by atoms with Crippen LogP contribution < -0.4 is 0 Å². The number of nitrogens with zero attached hydrogens (tertiary/aromatic N) is 1. The van der Waals surface area contributed by atoms with E-state index in [1.807, 2.05) is 43.3 Å². The van der Waals surface area contributed by atoms with Crippen LogP contribution in [0.5, 0.6) is 0 Å². The van der Waals surface area contributed by atoms with Crippen LogP contribution in [-0.4, -0.2) is 43.3 Å². The molecule has 0 spiro atoms. The Morgan fingerprint density at radius 3 is 2.50 bits per heavy atom. The zero-order chi connectivity index (χ0) is 19.3. The van der Waals surface area contributed by atoms with Gasteiger partial charge >= 0.3 is 11.9 Å². The minimum Gasteiger partial charge on any atom is -0.481 e. The Kier molecular flexibility index (Phi) is 6.70. The zero-order valence-corrected chi connectivity index (χ0v) is 15.5. The standard InChI is InChI=1S/C18H17NO5S2/c1-11(9-12-5-3-2-4-6-12)10-14-16(22)19(18(25)26-14)13(17(23)24)7-8-15(20)21/h2-6,9-10,13H,7-8H2,1H3,(H,20,21)(H,23,24)/b11-9+,14-10+. The molecule has 1 aliphatic rings. The maximum Gasteiger partial charge on any atom is 0.326 e. The second-order valence-corrected chi connectivity index (χ2v) is 7.31. The number of allylic oxidation sites excluding steroid dienone is 2. The largest absolute Gasteiger partial charge is 0.481 e. The van der Waals surface area contributed by atoms with Gasteiger partial charge in [0, 0.05) is 6.42 Å². The average molecular weight is 391 g/mol. The van der Waals surface area contributed by atoms with Crippen LogP contribution in [0.3, 0.4) is 0 Å². The molecule has 136 valence electrons. The quantitative estimate of drug-likeness (QED) is 0.544. The van der Waals surface area contributed by atoms with Crippen LogP contribution in [0.25, 0.3) is 6.08 Å². The van der Waals surface area contributed by atoms with Crippen molar-refractivity contribution in [3.63, 3.8) is 0 Å². The number of rotatable bonds is 7. The average Bonchev–Trinajstić information content (AvgIpc) is 2.83. The number of thiocarbonyl (C=S) groups is 1. The lowest BCUT2D eigenvalue weighted by Crippen LogP contribution is -2.44. The van der Waals surface area contributed by atoms with E-state index in [4.69, 9.17) is 17.3 Å². The molecule has 26 heavy (non-hydrogen) atoms. The van der Waals surface area contributed by atoms with Gasteiger partial charge in [-0.3, -0.25) is 14.5 Å². The van der Waals surface area contributed by atoms with Crippen molar-refractivity contribution in [2.24, 2.45) is 0 Å². The van der Waals surface area contributed by atoms with Crippen LogP contribution in [0, 0.1) is 0 Å². The molecule has 1 atom stereocenters. The SMILES string of the molecule is CC(=C\c1ccccc1)/C=C1/SC(=S)N(C(CCC(=O)O)C(=O)O)C1=O. The molecule has 1 aliphatic heterocycles. The summed E-state index contributed by atoms with van der Waals surface area (Å²) in [6.07, 6.45) is 2.98. The van der Waals surface area contributed by atoms with Crippen molar-refractivity contribution < 1.29 is 24.6 Å². The zero-order valence-electron chi connectivity index (χ0n) is 13.9. The van der Waals surface area contributed by atoms with Crippen LogP contribution in [0.15, 0.2) is 46.9 Å². The lowest BCUT2D eigenvalue weighted by molar-refractivity contribution is -0.146. The van der Waals surface area contributed by atoms with Crippen molar-refractivity contribution in [2.75, 3.05) is 0 Å². The third kappa shape index (κ3) is 5.03. The second-order valence-electron chi connectivity index (χ2n) is 5.64. The van der Waals surface area contributed by atoms with Gasteiger partial charge in [0.15, 0.2) is 0 Å². The summed E-state index contributed by atoms with van der Waals surface area (Å²) in [5.74, 6) is -2.92. The molecule has 1 aromatic rings. The van der Waals surface area contributed by atoms with Gasteiger partial charge in [-0.05, 0) is 30.6 Å². The topological polar surface area (TPSA) is 94.9 Å². The summed E-state index contributed by atoms with van der Waals surface area (Å²) in [5, 5.41) is 18.1. The predicted octanol–water partition coefficient (Wildman–Crippen LogP) is 3.15. The van der Waals surface area contributed by atoms with Crippen molar-refractivity contribution in [3.8, 4) is 0 Å². The summed E-state index contributed by atoms with van der Waals surface area (Å²) in [6.45, 7) is 1.83. The highest BCUT2D eigenvalue weighted by molar-refractivity contribution is 8.26. The first kappa shape index (κ1) is 19.9. The monoisotopic (exact) mass is 391 g/mol. The van der Waals surface area contributed by atoms with Crippen LogP contribution in [0.1, 0.15) is 25.3 Å². The highest BCUT2D eigenvalue weighted by atomic mass is 32.2. The van der Waals surface area contributed by atoms with Crippen molar-refractivity contribution in [1.29, 1.82) is 0 Å². The van der Waals surface area contributed by atoms with Gasteiger partial charge in [-0.2, -0.15) is 0 Å². The van der Waals surface area contributed by atoms with Crippen molar-refractivity contribution >= 4 is 52.2 Å². The lowest BCUT2D eigenvalue weighted by Gasteiger charge is -2.22. The van der Waals surface area contributed by atoms with Crippen LogP contribution in [-0.2, 0) is 14.4 Å². The molecule has 0 saturated carbocycles. The number of aliphatic carboxylic acids is 2. The van der Waals surface area contributed by atoms with Gasteiger partial charge in [0.2, 0.25) is 0 Å². The molecule has 1 fully saturated rings. The number of thioether (sulfide) groups is 1. The smallest absolute Gasteiger partial charge is 0.326 e. The van der Waals surface area contributed by atoms with E-state index in [1.165, 1.54) is 0 Å². The van der Waals surface area contributed by atoms with Gasteiger partial charge in [-0.1, -0.05) is 60.4 Å². The Labute approximate surface area is 160 Å². The first-order chi connectivity index (χ1) is 12.3. The molecule has 1 saturated heterocycles. The van der Waals surface area contributed by atoms with Crippen LogP contribution >= 0.6 is 24.0 Å². The Morgan fingerprint density at radius 1 is 1.27 bits per heavy atom. The maximum absolute atomic E-state index is 12.6. The van der Waals surface area contributed by atoms with Crippen LogP contribution in [0.2, 0.25) is 0 Å². The fourth-order valence-electron chi connectivity index (χ4n) is 2.43. The summed E-state index contributed by atoms with van der Waals surface area (Å²) in [4.78, 5) is 36.1. The Morgan fingerprint density at radius 2 is 1.92 bits per heavy atom. The highest BCUT2D eigenvalue weighted by Gasteiger charge is 2.40. The maximum atomic E-state index is 12.6. The van der Waals surface area contributed by atoms with E-state index >= 15 is 0 Å². The van der Waals surface area contributed by atoms with Gasteiger partial charge in [0.1, 0.15) is 10.4 Å². The lowest BCUT2D eigenvalue weighted by atomic mass is 10.1. The van der Waals surface area contributed by atoms with E-state index in [-0.39, 0.29) is 17.2 Å². The number of hydrogen-bond acceptors (Lipinski definition) is 5. The first-order valence-electron chi connectivity index (χ1n) is 7.74. The molecular weight excluding hydrogens is 374 g/mol. The number of carboxylic acids is 2. The van der Waals surface area contributed by atoms with E-state index in [0.717, 1.165) is 27.8 Å². The Balaban J connectivity index is 2.22. The summed E-state index contributed by atoms with van der Waals surface area (Å²) >= 11 is 6.17. The number of carbonyl (C=O) groups excluding carboxylic acids is 1. The predicted molar refractivity (Wildman–Crippen MR) is 104 cm³/mol. The van der Waals surface area contributed by atoms with Crippen molar-refractivity contribution in [1.82, 2.24) is 4.90 Å². The van der Waals surface area contributed by atoms with Crippen LogP contribution in [0.4, 0.5) is 0 Å². The Bertz CT molecular complexity index is 801. The number of carboxylic acid groups (broad SMARTS) is 2. The number of benzene rings is 1. The fourth-order valence-corrected chi connectivity index (χ4v) is 3.84. The molecule has 8 heteroatoms. The van der Waals surface area contributed by atoms with Gasteiger partial charge in [-0.15, -0.1) is 0 Å². The molecule has 1 amide bonds. The molecular formula is C18H17NO5S2. The minimum absolute atomic E-state index is 0.117. The van der Waals surface area contributed by atoms with E-state index in [1.54, 1.807) is 6.08 Å². The molecule has 2 N–H and O–H groups in total. The number of carbonyl (C=O) groups is 3. The molecule has 1 heterocycles. The van der Waals surface area contributed by atoms with E-state index in [9.17, 15) is 19.5 Å². The van der Waals surface area contributed by atoms with Gasteiger partial charge in [-0.25, -0.2) is 4.79 Å². The van der Waals surface area contributed by atoms with Crippen molar-refractivity contribution in [2.45, 2.75) is 25.8 Å². The number of hydrogen-bond donors (Lipinski definition) is 2. The molecule has 2 rings (SSSR count). The first-order valence-corrected chi connectivity index (χ1v) is 8.97. The highest BCUT2D eigenvalue weighted by Crippen LogP contribution is 2.34. The molecule has 0 aromatic heterocycles. The third-order valence-corrected chi connectivity index (χ3v) is 4.93. The molecule has 0 radical (unpaired) electrons. The van der Waals surface area contributed by atoms with E-state index in [2.05, 4.69) is 0 Å². The van der Waals surface area contributed by atoms with Gasteiger partial charge in [0.25, 0.3) is 5.91 Å². The van der Waals surface area contributed by atoms with E-state index in [0.29, 0.717) is 4.91 Å². The minimum atomic E-state index is -1.29. The molecule has 1 aromatic carbocycles. The summed E-state index contributed by atoms with van der Waals surface area (Å²) in [5.41, 5.74) is 1.79. The van der Waals surface area contributed by atoms with Gasteiger partial charge in [0.05, 0.1) is 4.91 Å². The molecule has 6 nitrogen and oxygen atoms in total. The normalized spacial score (nSPS) is 17.7. The van der Waals surface area contributed by atoms with E-state index < -0.39 is 23.9 Å². The fraction of sp³-hybridized carbons (Fsp3) is 0.222. The third-order valence-electron chi connectivity index (χ3n) is 3.60. The molecule has 1 unspecified atom stereocenters. The van der Waals surface area contributed by atoms with Gasteiger partial charge < -0.3 is 10.2 Å². The summed E-state index contributed by atoms with van der Waals surface area (Å²) in [6, 6.07) is 8.27. The second kappa shape index (κ2) is 8.77. The summed E-state index contributed by atoms with van der Waals surface area (Å²) in [7, 11) is 0.